The van der Waals surface area contributed by atoms with Crippen molar-refractivity contribution in [3.63, 3.8) is 0 Å². The highest BCUT2D eigenvalue weighted by Gasteiger charge is 2.26. The lowest BCUT2D eigenvalue weighted by molar-refractivity contribution is -0.139. The molecule has 1 saturated carbocycles. The van der Waals surface area contributed by atoms with E-state index in [2.05, 4.69) is 15.8 Å². The number of nitrogens with zero attached hydrogens (tertiary/aromatic N) is 1. The Morgan fingerprint density at radius 3 is 2.80 bits per heavy atom. The van der Waals surface area contributed by atoms with E-state index in [1.165, 1.54) is 19.4 Å². The molecule has 2 amide bonds. The first-order valence-electron chi connectivity index (χ1n) is 6.11. The molecule has 2 rings (SSSR count). The smallest absolute Gasteiger partial charge is 0.329 e. The molecule has 7 nitrogen and oxygen atoms in total. The molecule has 20 heavy (non-hydrogen) atoms. The summed E-state index contributed by atoms with van der Waals surface area (Å²) in [5.41, 5.74) is 2.74. The minimum Gasteiger partial charge on any atom is -0.504 e. The molecule has 1 aliphatic rings. The van der Waals surface area contributed by atoms with Gasteiger partial charge in [0.2, 0.25) is 0 Å². The highest BCUT2D eigenvalue weighted by Crippen LogP contribution is 2.25. The van der Waals surface area contributed by atoms with E-state index in [1.807, 2.05) is 0 Å². The highest BCUT2D eigenvalue weighted by atomic mass is 16.5. The number of carbonyl (C=O) groups is 2. The molecule has 106 valence electrons. The first-order chi connectivity index (χ1) is 9.60. The topological polar surface area (TPSA) is 100 Å². The predicted octanol–water partition coefficient (Wildman–Crippen LogP) is 0.129. The van der Waals surface area contributed by atoms with Crippen molar-refractivity contribution >= 4 is 18.0 Å². The van der Waals surface area contributed by atoms with E-state index >= 15 is 0 Å². The number of aromatic hydroxyl groups is 1. The van der Waals surface area contributed by atoms with Gasteiger partial charge in [-0.15, -0.1) is 0 Å². The van der Waals surface area contributed by atoms with Crippen LogP contribution in [0.1, 0.15) is 18.4 Å². The number of hydrogen-bond acceptors (Lipinski definition) is 5. The summed E-state index contributed by atoms with van der Waals surface area (Å²) in [6, 6.07) is 4.72. The molecule has 1 aromatic carbocycles. The Kier molecular flexibility index (Phi) is 4.19. The van der Waals surface area contributed by atoms with Crippen LogP contribution in [0.15, 0.2) is 23.3 Å². The number of rotatable bonds is 4. The van der Waals surface area contributed by atoms with Crippen molar-refractivity contribution in [2.75, 3.05) is 7.11 Å². The van der Waals surface area contributed by atoms with Gasteiger partial charge in [0.1, 0.15) is 0 Å². The molecular weight excluding hydrogens is 262 g/mol. The Balaban J connectivity index is 1.88. The van der Waals surface area contributed by atoms with E-state index in [1.54, 1.807) is 12.1 Å². The Morgan fingerprint density at radius 2 is 2.15 bits per heavy atom. The average Bonchev–Trinajstić information content (AvgIpc) is 3.24. The molecule has 1 aromatic rings. The first kappa shape index (κ1) is 13.9. The second-order valence-corrected chi connectivity index (χ2v) is 4.38. The van der Waals surface area contributed by atoms with Crippen LogP contribution in [0.25, 0.3) is 0 Å². The van der Waals surface area contributed by atoms with Crippen LogP contribution in [-0.2, 0) is 9.59 Å². The maximum absolute atomic E-state index is 11.4. The normalized spacial score (nSPS) is 14.1. The number of benzene rings is 1. The number of hydrogen-bond donors (Lipinski definition) is 3. The highest BCUT2D eigenvalue weighted by molar-refractivity contribution is 6.35. The second kappa shape index (κ2) is 6.05. The Labute approximate surface area is 115 Å². The van der Waals surface area contributed by atoms with Crippen molar-refractivity contribution in [2.24, 2.45) is 5.10 Å². The van der Waals surface area contributed by atoms with Gasteiger partial charge in [-0.25, -0.2) is 5.43 Å². The van der Waals surface area contributed by atoms with Gasteiger partial charge in [0.25, 0.3) is 0 Å². The molecule has 0 spiro atoms. The van der Waals surface area contributed by atoms with Crippen molar-refractivity contribution in [3.05, 3.63) is 23.8 Å². The molecular formula is C13H15N3O4. The van der Waals surface area contributed by atoms with E-state index in [-0.39, 0.29) is 11.8 Å². The van der Waals surface area contributed by atoms with E-state index < -0.39 is 11.8 Å². The largest absolute Gasteiger partial charge is 0.504 e. The Bertz CT molecular complexity index is 553. The van der Waals surface area contributed by atoms with Gasteiger partial charge in [0, 0.05) is 6.04 Å². The molecule has 0 aromatic heterocycles. The molecule has 7 heteroatoms. The van der Waals surface area contributed by atoms with Crippen LogP contribution in [0.5, 0.6) is 11.5 Å². The maximum atomic E-state index is 11.4. The van der Waals surface area contributed by atoms with Crippen molar-refractivity contribution in [3.8, 4) is 11.5 Å². The lowest BCUT2D eigenvalue weighted by Gasteiger charge is -2.03. The molecule has 0 radical (unpaired) electrons. The van der Waals surface area contributed by atoms with Gasteiger partial charge in [0.05, 0.1) is 13.3 Å². The number of carbonyl (C=O) groups excluding carboxylic acids is 2. The molecule has 1 fully saturated rings. The van der Waals surface area contributed by atoms with Crippen LogP contribution in [-0.4, -0.2) is 36.3 Å². The zero-order valence-corrected chi connectivity index (χ0v) is 10.9. The fourth-order valence-corrected chi connectivity index (χ4v) is 1.47. The summed E-state index contributed by atoms with van der Waals surface area (Å²) in [5, 5.41) is 15.6. The molecule has 3 N–H and O–H groups in total. The molecule has 1 aliphatic carbocycles. The van der Waals surface area contributed by atoms with Gasteiger partial charge in [-0.05, 0) is 36.6 Å². The van der Waals surface area contributed by atoms with Gasteiger partial charge in [-0.3, -0.25) is 9.59 Å². The van der Waals surface area contributed by atoms with Crippen LogP contribution in [0.2, 0.25) is 0 Å². The lowest BCUT2D eigenvalue weighted by Crippen LogP contribution is -2.38. The van der Waals surface area contributed by atoms with E-state index in [0.717, 1.165) is 12.8 Å². The quantitative estimate of drug-likeness (QED) is 0.414. The number of ether oxygens (including phenoxy) is 1. The molecule has 0 atom stereocenters. The van der Waals surface area contributed by atoms with Crippen LogP contribution >= 0.6 is 0 Å². The summed E-state index contributed by atoms with van der Waals surface area (Å²) in [6.45, 7) is 0. The molecule has 0 saturated heterocycles. The number of methoxy groups -OCH3 is 1. The zero-order chi connectivity index (χ0) is 14.5. The van der Waals surface area contributed by atoms with Crippen LogP contribution in [0.4, 0.5) is 0 Å². The first-order valence-corrected chi connectivity index (χ1v) is 6.11. The van der Waals surface area contributed by atoms with Crippen molar-refractivity contribution < 1.29 is 19.4 Å². The molecule has 0 bridgehead atoms. The third-order valence-corrected chi connectivity index (χ3v) is 2.70. The third-order valence-electron chi connectivity index (χ3n) is 2.70. The second-order valence-electron chi connectivity index (χ2n) is 4.38. The van der Waals surface area contributed by atoms with Gasteiger partial charge in [-0.1, -0.05) is 0 Å². The monoisotopic (exact) mass is 277 g/mol. The van der Waals surface area contributed by atoms with Crippen molar-refractivity contribution in [2.45, 2.75) is 18.9 Å². The number of phenols is 1. The maximum Gasteiger partial charge on any atom is 0.329 e. The summed E-state index contributed by atoms with van der Waals surface area (Å²) >= 11 is 0. The predicted molar refractivity (Wildman–Crippen MR) is 71.6 cm³/mol. The fraction of sp³-hybridized carbons (Fsp3) is 0.308. The van der Waals surface area contributed by atoms with Gasteiger partial charge >= 0.3 is 11.8 Å². The molecule has 0 unspecified atom stereocenters. The van der Waals surface area contributed by atoms with Gasteiger partial charge in [0.15, 0.2) is 11.5 Å². The van der Waals surface area contributed by atoms with Crippen molar-refractivity contribution in [1.29, 1.82) is 0 Å². The Hall–Kier alpha value is -2.57. The average molecular weight is 277 g/mol. The fourth-order valence-electron chi connectivity index (χ4n) is 1.47. The number of hydrazone groups is 1. The van der Waals surface area contributed by atoms with Gasteiger partial charge in [-0.2, -0.15) is 5.10 Å². The minimum absolute atomic E-state index is 0.0116. The van der Waals surface area contributed by atoms with Crippen LogP contribution in [0, 0.1) is 0 Å². The van der Waals surface area contributed by atoms with Crippen molar-refractivity contribution in [1.82, 2.24) is 10.7 Å². The summed E-state index contributed by atoms with van der Waals surface area (Å²) in [7, 11) is 1.43. The third kappa shape index (κ3) is 3.71. The van der Waals surface area contributed by atoms with Gasteiger partial charge < -0.3 is 15.2 Å². The Morgan fingerprint density at radius 1 is 1.40 bits per heavy atom. The van der Waals surface area contributed by atoms with E-state index in [0.29, 0.717) is 11.3 Å². The number of nitrogens with one attached hydrogen (secondary N) is 2. The molecule has 0 aliphatic heterocycles. The summed E-state index contributed by atoms with van der Waals surface area (Å²) in [4.78, 5) is 22.7. The van der Waals surface area contributed by atoms with E-state index in [4.69, 9.17) is 4.74 Å². The standard InChI is InChI=1S/C13H15N3O4/c1-20-11-6-8(2-5-10(11)17)7-14-16-13(19)12(18)15-9-3-4-9/h2,5-7,9,17H,3-4H2,1H3,(H,15,18)(H,16,19)/b14-7+. The summed E-state index contributed by atoms with van der Waals surface area (Å²) in [5.74, 6) is -1.18. The SMILES string of the molecule is COc1cc(/C=N/NC(=O)C(=O)NC2CC2)ccc1O. The number of amides is 2. The minimum atomic E-state index is -0.807. The summed E-state index contributed by atoms with van der Waals surface area (Å²) < 4.78 is 4.94. The summed E-state index contributed by atoms with van der Waals surface area (Å²) in [6.07, 6.45) is 3.18. The zero-order valence-electron chi connectivity index (χ0n) is 10.9. The number of phenolic OH excluding ortho intramolecular Hbond substituents is 1. The van der Waals surface area contributed by atoms with Crippen LogP contribution < -0.4 is 15.5 Å². The lowest BCUT2D eigenvalue weighted by atomic mass is 10.2. The van der Waals surface area contributed by atoms with Crippen LogP contribution in [0.3, 0.4) is 0 Å². The molecule has 0 heterocycles. The van der Waals surface area contributed by atoms with E-state index in [9.17, 15) is 14.7 Å².